The van der Waals surface area contributed by atoms with E-state index in [1.54, 1.807) is 0 Å². The lowest BCUT2D eigenvalue weighted by Crippen LogP contribution is -2.36. The monoisotopic (exact) mass is 264 g/mol. The van der Waals surface area contributed by atoms with E-state index in [0.29, 0.717) is 11.9 Å². The van der Waals surface area contributed by atoms with E-state index in [1.807, 2.05) is 12.1 Å². The van der Waals surface area contributed by atoms with Crippen molar-refractivity contribution in [2.24, 2.45) is 0 Å². The number of nitrogen functional groups attached to an aromatic ring is 1. The Kier molecular flexibility index (Phi) is 3.70. The predicted molar refractivity (Wildman–Crippen MR) is 74.5 cm³/mol. The largest absolute Gasteiger partial charge is 0.382 e. The van der Waals surface area contributed by atoms with Crippen LogP contribution in [-0.2, 0) is 9.47 Å². The summed E-state index contributed by atoms with van der Waals surface area (Å²) in [5.41, 5.74) is 6.93. The maximum absolute atomic E-state index is 6.03. The molecule has 1 atom stereocenters. The molecule has 1 aromatic rings. The van der Waals surface area contributed by atoms with Gasteiger partial charge in [-0.1, -0.05) is 0 Å². The molecule has 0 amide bonds. The molecule has 2 aliphatic rings. The second kappa shape index (κ2) is 5.63. The molecule has 0 radical (unpaired) electrons. The van der Waals surface area contributed by atoms with Gasteiger partial charge in [-0.15, -0.1) is 0 Å². The van der Waals surface area contributed by atoms with Gasteiger partial charge in [0.05, 0.1) is 31.5 Å². The van der Waals surface area contributed by atoms with E-state index in [0.717, 1.165) is 57.4 Å². The lowest BCUT2D eigenvalue weighted by atomic mass is 10.2. The summed E-state index contributed by atoms with van der Waals surface area (Å²) >= 11 is 0. The van der Waals surface area contributed by atoms with Crippen molar-refractivity contribution in [3.63, 3.8) is 0 Å². The Bertz CT molecular complexity index is 429. The molecule has 2 fully saturated rings. The van der Waals surface area contributed by atoms with Crippen LogP contribution in [0.25, 0.3) is 0 Å². The molecule has 2 aliphatic heterocycles. The number of nitrogens with two attached hydrogens (primary N) is 1. The van der Waals surface area contributed by atoms with E-state index >= 15 is 0 Å². The SMILES string of the molecule is Nc1nc(N2CCOCC2)ccc1NC1CCOC1. The summed E-state index contributed by atoms with van der Waals surface area (Å²) in [6.45, 7) is 4.80. The highest BCUT2D eigenvalue weighted by Crippen LogP contribution is 2.23. The zero-order valence-corrected chi connectivity index (χ0v) is 11.0. The van der Waals surface area contributed by atoms with Crippen LogP contribution in [-0.4, -0.2) is 50.5 Å². The van der Waals surface area contributed by atoms with Crippen molar-refractivity contribution < 1.29 is 9.47 Å². The Balaban J connectivity index is 1.69. The van der Waals surface area contributed by atoms with Crippen LogP contribution in [0.3, 0.4) is 0 Å². The molecular weight excluding hydrogens is 244 g/mol. The second-order valence-corrected chi connectivity index (χ2v) is 4.91. The van der Waals surface area contributed by atoms with Gasteiger partial charge in [-0.25, -0.2) is 4.98 Å². The Morgan fingerprint density at radius 3 is 2.74 bits per heavy atom. The number of pyridine rings is 1. The van der Waals surface area contributed by atoms with Crippen LogP contribution in [0.5, 0.6) is 0 Å². The van der Waals surface area contributed by atoms with Gasteiger partial charge in [0.2, 0.25) is 0 Å². The highest BCUT2D eigenvalue weighted by Gasteiger charge is 2.18. The number of nitrogens with zero attached hydrogens (tertiary/aromatic N) is 2. The van der Waals surface area contributed by atoms with E-state index in [9.17, 15) is 0 Å². The van der Waals surface area contributed by atoms with Gasteiger partial charge in [-0.2, -0.15) is 0 Å². The zero-order valence-electron chi connectivity index (χ0n) is 11.0. The van der Waals surface area contributed by atoms with Crippen molar-refractivity contribution >= 4 is 17.3 Å². The van der Waals surface area contributed by atoms with Gasteiger partial charge in [-0.05, 0) is 18.6 Å². The first-order chi connectivity index (χ1) is 9.33. The standard InChI is InChI=1S/C13H20N4O2/c14-13-11(15-10-3-6-19-9-10)1-2-12(16-13)17-4-7-18-8-5-17/h1-2,10,15H,3-9H2,(H2,14,16). The number of hydrogen-bond donors (Lipinski definition) is 2. The first-order valence-corrected chi connectivity index (χ1v) is 6.76. The van der Waals surface area contributed by atoms with Crippen molar-refractivity contribution in [1.82, 2.24) is 4.98 Å². The fourth-order valence-electron chi connectivity index (χ4n) is 2.42. The van der Waals surface area contributed by atoms with E-state index in [1.165, 1.54) is 0 Å². The van der Waals surface area contributed by atoms with Gasteiger partial charge in [0, 0.05) is 19.7 Å². The van der Waals surface area contributed by atoms with E-state index in [-0.39, 0.29) is 0 Å². The van der Waals surface area contributed by atoms with Gasteiger partial charge in [0.1, 0.15) is 11.6 Å². The quantitative estimate of drug-likeness (QED) is 0.837. The molecule has 104 valence electrons. The predicted octanol–water partition coefficient (Wildman–Crippen LogP) is 0.701. The molecular formula is C13H20N4O2. The van der Waals surface area contributed by atoms with Gasteiger partial charge in [0.25, 0.3) is 0 Å². The summed E-state index contributed by atoms with van der Waals surface area (Å²) in [4.78, 5) is 6.68. The van der Waals surface area contributed by atoms with Crippen LogP contribution in [0, 0.1) is 0 Å². The number of rotatable bonds is 3. The molecule has 0 spiro atoms. The van der Waals surface area contributed by atoms with Gasteiger partial charge >= 0.3 is 0 Å². The topological polar surface area (TPSA) is 72.6 Å². The molecule has 6 nitrogen and oxygen atoms in total. The summed E-state index contributed by atoms with van der Waals surface area (Å²) in [6, 6.07) is 4.36. The summed E-state index contributed by atoms with van der Waals surface area (Å²) < 4.78 is 10.7. The number of ether oxygens (including phenoxy) is 2. The molecule has 6 heteroatoms. The fraction of sp³-hybridized carbons (Fsp3) is 0.615. The lowest BCUT2D eigenvalue weighted by molar-refractivity contribution is 0.122. The van der Waals surface area contributed by atoms with Crippen molar-refractivity contribution in [2.45, 2.75) is 12.5 Å². The van der Waals surface area contributed by atoms with Crippen LogP contribution in [0.15, 0.2) is 12.1 Å². The van der Waals surface area contributed by atoms with Crippen LogP contribution in [0.4, 0.5) is 17.3 Å². The molecule has 2 saturated heterocycles. The van der Waals surface area contributed by atoms with E-state index in [2.05, 4.69) is 15.2 Å². The average Bonchev–Trinajstić information content (AvgIpc) is 2.95. The third-order valence-electron chi connectivity index (χ3n) is 3.53. The van der Waals surface area contributed by atoms with Crippen LogP contribution >= 0.6 is 0 Å². The summed E-state index contributed by atoms with van der Waals surface area (Å²) in [5, 5.41) is 3.38. The smallest absolute Gasteiger partial charge is 0.149 e. The summed E-state index contributed by atoms with van der Waals surface area (Å²) in [5.74, 6) is 1.48. The maximum atomic E-state index is 6.03. The molecule has 3 heterocycles. The molecule has 0 bridgehead atoms. The van der Waals surface area contributed by atoms with Crippen LogP contribution in [0.2, 0.25) is 0 Å². The molecule has 19 heavy (non-hydrogen) atoms. The Morgan fingerprint density at radius 1 is 1.21 bits per heavy atom. The molecule has 0 aromatic carbocycles. The van der Waals surface area contributed by atoms with Crippen molar-refractivity contribution in [3.8, 4) is 0 Å². The minimum Gasteiger partial charge on any atom is -0.382 e. The number of aromatic nitrogens is 1. The van der Waals surface area contributed by atoms with Crippen LogP contribution < -0.4 is 16.0 Å². The summed E-state index contributed by atoms with van der Waals surface area (Å²) in [7, 11) is 0. The van der Waals surface area contributed by atoms with Crippen LogP contribution in [0.1, 0.15) is 6.42 Å². The number of hydrogen-bond acceptors (Lipinski definition) is 6. The highest BCUT2D eigenvalue weighted by atomic mass is 16.5. The van der Waals surface area contributed by atoms with Crippen molar-refractivity contribution in [3.05, 3.63) is 12.1 Å². The van der Waals surface area contributed by atoms with Gasteiger partial charge in [0.15, 0.2) is 0 Å². The zero-order chi connectivity index (χ0) is 13.1. The van der Waals surface area contributed by atoms with Gasteiger partial charge < -0.3 is 25.4 Å². The van der Waals surface area contributed by atoms with Gasteiger partial charge in [-0.3, -0.25) is 0 Å². The molecule has 3 N–H and O–H groups in total. The van der Waals surface area contributed by atoms with E-state index < -0.39 is 0 Å². The average molecular weight is 264 g/mol. The van der Waals surface area contributed by atoms with Crippen molar-refractivity contribution in [2.75, 3.05) is 55.5 Å². The second-order valence-electron chi connectivity index (χ2n) is 4.91. The molecule has 1 aromatic heterocycles. The van der Waals surface area contributed by atoms with E-state index in [4.69, 9.17) is 15.2 Å². The van der Waals surface area contributed by atoms with Crippen molar-refractivity contribution in [1.29, 1.82) is 0 Å². The number of anilines is 3. The maximum Gasteiger partial charge on any atom is 0.149 e. The first kappa shape index (κ1) is 12.5. The molecule has 0 saturated carbocycles. The number of nitrogens with one attached hydrogen (secondary N) is 1. The Hall–Kier alpha value is -1.53. The Labute approximate surface area is 112 Å². The molecule has 1 unspecified atom stereocenters. The number of morpholine rings is 1. The Morgan fingerprint density at radius 2 is 2.05 bits per heavy atom. The molecule has 3 rings (SSSR count). The minimum atomic E-state index is 0.346. The third-order valence-corrected chi connectivity index (χ3v) is 3.53. The third kappa shape index (κ3) is 2.90. The summed E-state index contributed by atoms with van der Waals surface area (Å²) in [6.07, 6.45) is 1.02. The first-order valence-electron chi connectivity index (χ1n) is 6.76. The minimum absolute atomic E-state index is 0.346. The lowest BCUT2D eigenvalue weighted by Gasteiger charge is -2.28. The highest BCUT2D eigenvalue weighted by molar-refractivity contribution is 5.65. The fourth-order valence-corrected chi connectivity index (χ4v) is 2.42. The normalized spacial score (nSPS) is 23.6. The molecule has 0 aliphatic carbocycles.